The first kappa shape index (κ1) is 12.4. The maximum absolute atomic E-state index is 5.41. The molecule has 1 aromatic carbocycles. The van der Waals surface area contributed by atoms with E-state index in [2.05, 4.69) is 42.5 Å². The van der Waals surface area contributed by atoms with Gasteiger partial charge in [0.05, 0.1) is 11.0 Å². The van der Waals surface area contributed by atoms with Crippen molar-refractivity contribution in [1.29, 1.82) is 0 Å². The number of H-pyrrole nitrogens is 1. The number of aromatic nitrogens is 2. The summed E-state index contributed by atoms with van der Waals surface area (Å²) < 4.78 is 4.12. The molecule has 0 spiro atoms. The summed E-state index contributed by atoms with van der Waals surface area (Å²) in [6.07, 6.45) is 2.68. The number of likely N-dealkylation sites (tertiary alicyclic amines) is 1. The van der Waals surface area contributed by atoms with Crippen molar-refractivity contribution in [3.63, 3.8) is 0 Å². The summed E-state index contributed by atoms with van der Waals surface area (Å²) in [6.45, 7) is 4.53. The van der Waals surface area contributed by atoms with Crippen LogP contribution in [0.15, 0.2) is 22.7 Å². The van der Waals surface area contributed by atoms with E-state index in [1.54, 1.807) is 0 Å². The van der Waals surface area contributed by atoms with Crippen LogP contribution in [0, 0.1) is 4.77 Å². The summed E-state index contributed by atoms with van der Waals surface area (Å²) in [6, 6.07) is 6.24. The van der Waals surface area contributed by atoms with Gasteiger partial charge in [0.2, 0.25) is 0 Å². The number of hydrogen-bond acceptors (Lipinski definition) is 2. The first-order chi connectivity index (χ1) is 8.74. The molecule has 0 radical (unpaired) electrons. The number of hydrogen-bond donors (Lipinski definition) is 1. The molecule has 18 heavy (non-hydrogen) atoms. The summed E-state index contributed by atoms with van der Waals surface area (Å²) in [5.74, 6) is 0. The third kappa shape index (κ3) is 2.39. The van der Waals surface area contributed by atoms with E-state index < -0.39 is 0 Å². The quantitative estimate of drug-likeness (QED) is 0.872. The van der Waals surface area contributed by atoms with E-state index in [1.807, 2.05) is 6.07 Å². The molecule has 1 N–H and O–H groups in total. The van der Waals surface area contributed by atoms with E-state index in [0.717, 1.165) is 27.8 Å². The molecule has 0 bridgehead atoms. The SMILES string of the molecule is S=c1[nH]c2ccc(Br)cc2n1CCN1CCCC1. The Balaban J connectivity index is 1.87. The topological polar surface area (TPSA) is 24.0 Å². The van der Waals surface area contributed by atoms with Crippen LogP contribution in [0.1, 0.15) is 12.8 Å². The van der Waals surface area contributed by atoms with Crippen LogP contribution < -0.4 is 0 Å². The van der Waals surface area contributed by atoms with Gasteiger partial charge >= 0.3 is 0 Å². The van der Waals surface area contributed by atoms with Crippen LogP contribution in [0.2, 0.25) is 0 Å². The maximum atomic E-state index is 5.41. The summed E-state index contributed by atoms with van der Waals surface area (Å²) >= 11 is 8.93. The lowest BCUT2D eigenvalue weighted by Gasteiger charge is -2.15. The molecule has 0 saturated carbocycles. The zero-order valence-electron chi connectivity index (χ0n) is 10.2. The van der Waals surface area contributed by atoms with Crippen LogP contribution in [0.3, 0.4) is 0 Å². The first-order valence-electron chi connectivity index (χ1n) is 6.34. The lowest BCUT2D eigenvalue weighted by atomic mass is 10.3. The van der Waals surface area contributed by atoms with Crippen molar-refractivity contribution in [2.45, 2.75) is 19.4 Å². The molecule has 0 aliphatic carbocycles. The molecule has 1 aliphatic heterocycles. The standard InChI is InChI=1S/C13H16BrN3S/c14-10-3-4-11-12(9-10)17(13(18)15-11)8-7-16-5-1-2-6-16/h3-4,9H,1-2,5-8H2,(H,15,18). The van der Waals surface area contributed by atoms with Gasteiger partial charge in [-0.05, 0) is 56.3 Å². The van der Waals surface area contributed by atoms with Crippen molar-refractivity contribution in [1.82, 2.24) is 14.5 Å². The highest BCUT2D eigenvalue weighted by Crippen LogP contribution is 2.20. The monoisotopic (exact) mass is 325 g/mol. The van der Waals surface area contributed by atoms with Gasteiger partial charge in [0, 0.05) is 17.6 Å². The van der Waals surface area contributed by atoms with Gasteiger partial charge in [-0.25, -0.2) is 0 Å². The Bertz CT molecular complexity index is 610. The Morgan fingerprint density at radius 3 is 2.78 bits per heavy atom. The Hall–Kier alpha value is -0.650. The van der Waals surface area contributed by atoms with Gasteiger partial charge in [-0.15, -0.1) is 0 Å². The second-order valence-electron chi connectivity index (χ2n) is 4.79. The summed E-state index contributed by atoms with van der Waals surface area (Å²) in [5.41, 5.74) is 2.30. The highest BCUT2D eigenvalue weighted by Gasteiger charge is 2.12. The van der Waals surface area contributed by atoms with E-state index in [9.17, 15) is 0 Å². The van der Waals surface area contributed by atoms with E-state index >= 15 is 0 Å². The molecule has 0 atom stereocenters. The Kier molecular flexibility index (Phi) is 3.54. The fourth-order valence-electron chi connectivity index (χ4n) is 2.60. The van der Waals surface area contributed by atoms with E-state index in [0.29, 0.717) is 0 Å². The fourth-order valence-corrected chi connectivity index (χ4v) is 3.24. The van der Waals surface area contributed by atoms with Crippen LogP contribution >= 0.6 is 28.1 Å². The van der Waals surface area contributed by atoms with Gasteiger partial charge in [-0.1, -0.05) is 15.9 Å². The predicted octanol–water partition coefficient (Wildman–Crippen LogP) is 3.56. The molecule has 0 unspecified atom stereocenters. The summed E-state index contributed by atoms with van der Waals surface area (Å²) in [7, 11) is 0. The zero-order chi connectivity index (χ0) is 12.5. The largest absolute Gasteiger partial charge is 0.331 e. The summed E-state index contributed by atoms with van der Waals surface area (Å²) in [4.78, 5) is 5.78. The average Bonchev–Trinajstić information content (AvgIpc) is 2.94. The summed E-state index contributed by atoms with van der Waals surface area (Å²) in [5, 5.41) is 0. The van der Waals surface area contributed by atoms with Crippen LogP contribution in [0.5, 0.6) is 0 Å². The van der Waals surface area contributed by atoms with Gasteiger partial charge in [0.15, 0.2) is 4.77 Å². The van der Waals surface area contributed by atoms with Crippen molar-refractivity contribution < 1.29 is 0 Å². The molecule has 3 rings (SSSR count). The van der Waals surface area contributed by atoms with Gasteiger partial charge in [-0.3, -0.25) is 0 Å². The first-order valence-corrected chi connectivity index (χ1v) is 7.54. The molecule has 2 heterocycles. The second-order valence-corrected chi connectivity index (χ2v) is 6.09. The normalized spacial score (nSPS) is 16.7. The van der Waals surface area contributed by atoms with E-state index in [-0.39, 0.29) is 0 Å². The number of nitrogens with zero attached hydrogens (tertiary/aromatic N) is 2. The maximum Gasteiger partial charge on any atom is 0.178 e. The molecule has 1 fully saturated rings. The minimum absolute atomic E-state index is 0.822. The Morgan fingerprint density at radius 2 is 2.00 bits per heavy atom. The number of fused-ring (bicyclic) bond motifs is 1. The van der Waals surface area contributed by atoms with Gasteiger partial charge < -0.3 is 14.5 Å². The molecule has 3 nitrogen and oxygen atoms in total. The fraction of sp³-hybridized carbons (Fsp3) is 0.462. The Labute approximate surface area is 120 Å². The van der Waals surface area contributed by atoms with Crippen LogP contribution in [-0.4, -0.2) is 34.1 Å². The number of rotatable bonds is 3. The van der Waals surface area contributed by atoms with Crippen LogP contribution in [-0.2, 0) is 6.54 Å². The van der Waals surface area contributed by atoms with Gasteiger partial charge in [0.25, 0.3) is 0 Å². The lowest BCUT2D eigenvalue weighted by Crippen LogP contribution is -2.24. The molecule has 1 saturated heterocycles. The third-order valence-electron chi connectivity index (χ3n) is 3.58. The van der Waals surface area contributed by atoms with Gasteiger partial charge in [-0.2, -0.15) is 0 Å². The second kappa shape index (κ2) is 5.15. The van der Waals surface area contributed by atoms with E-state index in [1.165, 1.54) is 31.4 Å². The van der Waals surface area contributed by atoms with Gasteiger partial charge in [0.1, 0.15) is 0 Å². The number of nitrogens with one attached hydrogen (secondary N) is 1. The molecule has 1 aromatic heterocycles. The smallest absolute Gasteiger partial charge is 0.178 e. The Morgan fingerprint density at radius 1 is 1.22 bits per heavy atom. The lowest BCUT2D eigenvalue weighted by molar-refractivity contribution is 0.323. The molecule has 2 aromatic rings. The minimum Gasteiger partial charge on any atom is -0.331 e. The number of benzene rings is 1. The molecule has 1 aliphatic rings. The van der Waals surface area contributed by atoms with Crippen molar-refractivity contribution in [3.05, 3.63) is 27.4 Å². The van der Waals surface area contributed by atoms with Crippen molar-refractivity contribution in [3.8, 4) is 0 Å². The highest BCUT2D eigenvalue weighted by molar-refractivity contribution is 9.10. The van der Waals surface area contributed by atoms with Crippen molar-refractivity contribution in [2.75, 3.05) is 19.6 Å². The zero-order valence-corrected chi connectivity index (χ0v) is 12.6. The van der Waals surface area contributed by atoms with Crippen molar-refractivity contribution >= 4 is 39.2 Å². The number of imidazole rings is 1. The highest BCUT2D eigenvalue weighted by atomic mass is 79.9. The molecular formula is C13H16BrN3S. The predicted molar refractivity (Wildman–Crippen MR) is 80.5 cm³/mol. The third-order valence-corrected chi connectivity index (χ3v) is 4.39. The minimum atomic E-state index is 0.822. The van der Waals surface area contributed by atoms with Crippen LogP contribution in [0.25, 0.3) is 11.0 Å². The molecule has 96 valence electrons. The number of halogens is 1. The van der Waals surface area contributed by atoms with E-state index in [4.69, 9.17) is 12.2 Å². The molecule has 0 amide bonds. The van der Waals surface area contributed by atoms with Crippen molar-refractivity contribution in [2.24, 2.45) is 0 Å². The average molecular weight is 326 g/mol. The molecule has 5 heteroatoms. The number of aromatic amines is 1. The van der Waals surface area contributed by atoms with Crippen LogP contribution in [0.4, 0.5) is 0 Å². The molecular weight excluding hydrogens is 310 g/mol.